The number of rotatable bonds is 8. The first-order chi connectivity index (χ1) is 9.78. The molecule has 0 fully saturated rings. The van der Waals surface area contributed by atoms with E-state index in [1.165, 1.54) is 5.56 Å². The van der Waals surface area contributed by atoms with Gasteiger partial charge in [0.15, 0.2) is 5.82 Å². The number of aryl methyl sites for hydroxylation is 1. The van der Waals surface area contributed by atoms with E-state index >= 15 is 0 Å². The molecule has 1 heterocycles. The molecule has 1 aromatic heterocycles. The van der Waals surface area contributed by atoms with Crippen molar-refractivity contribution in [1.29, 1.82) is 0 Å². The molecule has 0 amide bonds. The summed E-state index contributed by atoms with van der Waals surface area (Å²) >= 11 is 0. The van der Waals surface area contributed by atoms with E-state index in [1.54, 1.807) is 11.0 Å². The van der Waals surface area contributed by atoms with Crippen LogP contribution >= 0.6 is 0 Å². The molecule has 0 aliphatic heterocycles. The maximum atomic E-state index is 5.56. The molecular weight excluding hydrogens is 252 g/mol. The van der Waals surface area contributed by atoms with E-state index in [0.717, 1.165) is 44.1 Å². The third kappa shape index (κ3) is 4.66. The largest absolute Gasteiger partial charge is 0.494 e. The molecule has 0 saturated carbocycles. The van der Waals surface area contributed by atoms with Crippen LogP contribution in [0.5, 0.6) is 5.75 Å². The van der Waals surface area contributed by atoms with Crippen LogP contribution in [0, 0.1) is 0 Å². The molecule has 0 radical (unpaired) electrons. The fraction of sp³-hybridized carbons (Fsp3) is 0.467. The Morgan fingerprint density at radius 2 is 2.05 bits per heavy atom. The lowest BCUT2D eigenvalue weighted by Gasteiger charge is -2.06. The van der Waals surface area contributed by atoms with Crippen molar-refractivity contribution in [2.24, 2.45) is 7.05 Å². The lowest BCUT2D eigenvalue weighted by Crippen LogP contribution is -2.17. The lowest BCUT2D eigenvalue weighted by molar-refractivity contribution is 0.317. The number of aromatic nitrogens is 3. The minimum atomic E-state index is 0.772. The van der Waals surface area contributed by atoms with Gasteiger partial charge in [0.1, 0.15) is 12.1 Å². The Bertz CT molecular complexity index is 507. The Morgan fingerprint density at radius 1 is 1.25 bits per heavy atom. The number of nitrogens with zero attached hydrogens (tertiary/aromatic N) is 3. The molecule has 0 aliphatic rings. The predicted octanol–water partition coefficient (Wildman–Crippen LogP) is 1.94. The molecule has 0 atom stereocenters. The Morgan fingerprint density at radius 3 is 2.70 bits per heavy atom. The molecule has 1 N–H and O–H groups in total. The van der Waals surface area contributed by atoms with E-state index in [4.69, 9.17) is 4.74 Å². The van der Waals surface area contributed by atoms with E-state index in [1.807, 2.05) is 19.2 Å². The summed E-state index contributed by atoms with van der Waals surface area (Å²) < 4.78 is 7.28. The zero-order chi connectivity index (χ0) is 14.2. The second-order valence-electron chi connectivity index (χ2n) is 4.75. The van der Waals surface area contributed by atoms with E-state index in [9.17, 15) is 0 Å². The number of nitrogens with one attached hydrogen (secondary N) is 1. The van der Waals surface area contributed by atoms with Gasteiger partial charge in [0.05, 0.1) is 6.61 Å². The van der Waals surface area contributed by atoms with Crippen molar-refractivity contribution in [2.45, 2.75) is 26.3 Å². The molecular formula is C15H22N4O. The summed E-state index contributed by atoms with van der Waals surface area (Å²) in [6.45, 7) is 4.60. The highest BCUT2D eigenvalue weighted by molar-refractivity contribution is 5.27. The highest BCUT2D eigenvalue weighted by atomic mass is 16.5. The standard InChI is InChI=1S/C15H22N4O/c1-3-10-20-14-6-4-13(5-7-14)11-16-9-8-15-17-12-19(2)18-15/h4-7,12,16H,3,8-11H2,1-2H3. The minimum Gasteiger partial charge on any atom is -0.494 e. The third-order valence-electron chi connectivity index (χ3n) is 2.90. The van der Waals surface area contributed by atoms with Gasteiger partial charge >= 0.3 is 0 Å². The summed E-state index contributed by atoms with van der Waals surface area (Å²) in [5.74, 6) is 1.82. The summed E-state index contributed by atoms with van der Waals surface area (Å²) in [6.07, 6.45) is 3.60. The first-order valence-corrected chi connectivity index (χ1v) is 7.05. The van der Waals surface area contributed by atoms with Crippen molar-refractivity contribution in [3.8, 4) is 5.75 Å². The van der Waals surface area contributed by atoms with Crippen molar-refractivity contribution in [3.63, 3.8) is 0 Å². The smallest absolute Gasteiger partial charge is 0.151 e. The summed E-state index contributed by atoms with van der Waals surface area (Å²) in [6, 6.07) is 8.23. The van der Waals surface area contributed by atoms with E-state index < -0.39 is 0 Å². The Hall–Kier alpha value is -1.88. The number of ether oxygens (including phenoxy) is 1. The highest BCUT2D eigenvalue weighted by Crippen LogP contribution is 2.12. The molecule has 0 bridgehead atoms. The van der Waals surface area contributed by atoms with Gasteiger partial charge in [-0.15, -0.1) is 0 Å². The van der Waals surface area contributed by atoms with Gasteiger partial charge in [-0.25, -0.2) is 4.98 Å². The molecule has 20 heavy (non-hydrogen) atoms. The van der Waals surface area contributed by atoms with Crippen molar-refractivity contribution in [3.05, 3.63) is 42.0 Å². The van der Waals surface area contributed by atoms with Gasteiger partial charge in [0.2, 0.25) is 0 Å². The van der Waals surface area contributed by atoms with Crippen molar-refractivity contribution in [2.75, 3.05) is 13.2 Å². The minimum absolute atomic E-state index is 0.772. The molecule has 0 spiro atoms. The van der Waals surface area contributed by atoms with E-state index in [-0.39, 0.29) is 0 Å². The molecule has 0 saturated heterocycles. The molecule has 108 valence electrons. The fourth-order valence-corrected chi connectivity index (χ4v) is 1.85. The molecule has 2 aromatic rings. The molecule has 5 nitrogen and oxygen atoms in total. The molecule has 1 aromatic carbocycles. The summed E-state index contributed by atoms with van der Waals surface area (Å²) in [7, 11) is 1.88. The number of hydrogen-bond acceptors (Lipinski definition) is 4. The molecule has 0 aliphatic carbocycles. The van der Waals surface area contributed by atoms with Gasteiger partial charge in [0.25, 0.3) is 0 Å². The van der Waals surface area contributed by atoms with Crippen LogP contribution in [0.25, 0.3) is 0 Å². The van der Waals surface area contributed by atoms with Crippen LogP contribution in [0.1, 0.15) is 24.7 Å². The second-order valence-corrected chi connectivity index (χ2v) is 4.75. The summed E-state index contributed by atoms with van der Waals surface area (Å²) in [4.78, 5) is 4.20. The van der Waals surface area contributed by atoms with Crippen LogP contribution in [0.2, 0.25) is 0 Å². The first-order valence-electron chi connectivity index (χ1n) is 7.05. The summed E-state index contributed by atoms with van der Waals surface area (Å²) in [5.41, 5.74) is 1.25. The fourth-order valence-electron chi connectivity index (χ4n) is 1.85. The normalized spacial score (nSPS) is 10.7. The van der Waals surface area contributed by atoms with Gasteiger partial charge in [-0.1, -0.05) is 19.1 Å². The lowest BCUT2D eigenvalue weighted by atomic mass is 10.2. The van der Waals surface area contributed by atoms with Gasteiger partial charge in [-0.3, -0.25) is 4.68 Å². The predicted molar refractivity (Wildman–Crippen MR) is 78.6 cm³/mol. The van der Waals surface area contributed by atoms with Crippen LogP contribution in [-0.4, -0.2) is 27.9 Å². The van der Waals surface area contributed by atoms with Gasteiger partial charge in [0, 0.05) is 26.6 Å². The molecule has 5 heteroatoms. The molecule has 0 unspecified atom stereocenters. The van der Waals surface area contributed by atoms with Gasteiger partial charge in [-0.05, 0) is 24.1 Å². The van der Waals surface area contributed by atoms with E-state index in [2.05, 4.69) is 34.5 Å². The molecule has 2 rings (SSSR count). The van der Waals surface area contributed by atoms with Crippen LogP contribution in [-0.2, 0) is 20.0 Å². The van der Waals surface area contributed by atoms with Crippen molar-refractivity contribution < 1.29 is 4.74 Å². The number of hydrogen-bond donors (Lipinski definition) is 1. The maximum Gasteiger partial charge on any atom is 0.151 e. The van der Waals surface area contributed by atoms with Crippen LogP contribution < -0.4 is 10.1 Å². The van der Waals surface area contributed by atoms with Crippen molar-refractivity contribution >= 4 is 0 Å². The Kier molecular flexibility index (Phi) is 5.55. The maximum absolute atomic E-state index is 5.56. The zero-order valence-corrected chi connectivity index (χ0v) is 12.2. The van der Waals surface area contributed by atoms with Crippen LogP contribution in [0.3, 0.4) is 0 Å². The highest BCUT2D eigenvalue weighted by Gasteiger charge is 1.99. The first kappa shape index (κ1) is 14.5. The SMILES string of the molecule is CCCOc1ccc(CNCCc2ncn(C)n2)cc1. The Balaban J connectivity index is 1.68. The van der Waals surface area contributed by atoms with Gasteiger partial charge in [-0.2, -0.15) is 5.10 Å². The summed E-state index contributed by atoms with van der Waals surface area (Å²) in [5, 5.41) is 7.64. The van der Waals surface area contributed by atoms with Crippen LogP contribution in [0.4, 0.5) is 0 Å². The van der Waals surface area contributed by atoms with Gasteiger partial charge < -0.3 is 10.1 Å². The quantitative estimate of drug-likeness (QED) is 0.747. The average Bonchev–Trinajstić information content (AvgIpc) is 2.88. The average molecular weight is 274 g/mol. The zero-order valence-electron chi connectivity index (χ0n) is 12.2. The number of benzene rings is 1. The van der Waals surface area contributed by atoms with E-state index in [0.29, 0.717) is 0 Å². The third-order valence-corrected chi connectivity index (χ3v) is 2.90. The van der Waals surface area contributed by atoms with Crippen molar-refractivity contribution in [1.82, 2.24) is 20.1 Å². The second kappa shape index (κ2) is 7.65. The topological polar surface area (TPSA) is 52.0 Å². The monoisotopic (exact) mass is 274 g/mol. The Labute approximate surface area is 120 Å². The van der Waals surface area contributed by atoms with Crippen LogP contribution in [0.15, 0.2) is 30.6 Å².